The van der Waals surface area contributed by atoms with E-state index < -0.39 is 12.2 Å². The van der Waals surface area contributed by atoms with Crippen LogP contribution in [0.4, 0.5) is 0 Å². The van der Waals surface area contributed by atoms with Crippen molar-refractivity contribution in [3.63, 3.8) is 0 Å². The van der Waals surface area contributed by atoms with Crippen molar-refractivity contribution in [3.8, 4) is 0 Å². The number of rotatable bonds is 14. The smallest absolute Gasteiger partial charge is 0.303 e. The van der Waals surface area contributed by atoms with Gasteiger partial charge in [0.25, 0.3) is 0 Å². The van der Waals surface area contributed by atoms with Crippen LogP contribution in [-0.2, 0) is 4.79 Å². The van der Waals surface area contributed by atoms with Crippen molar-refractivity contribution >= 4 is 29.2 Å². The highest BCUT2D eigenvalue weighted by Gasteiger charge is 2.35. The van der Waals surface area contributed by atoms with Gasteiger partial charge in [-0.05, 0) is 19.3 Å². The molecule has 0 rings (SSSR count). The number of aliphatic hydroxyl groups excluding tert-OH is 1. The molecule has 0 aliphatic heterocycles. The predicted molar refractivity (Wildman–Crippen MR) is 97.3 cm³/mol. The molecule has 0 aliphatic carbocycles. The highest BCUT2D eigenvalue weighted by Crippen LogP contribution is 2.27. The van der Waals surface area contributed by atoms with Crippen molar-refractivity contribution in [2.45, 2.75) is 84.0 Å². The summed E-state index contributed by atoms with van der Waals surface area (Å²) in [5.41, 5.74) is 0. The summed E-state index contributed by atoms with van der Waals surface area (Å²) in [7, 11) is 0. The van der Waals surface area contributed by atoms with E-state index in [4.69, 9.17) is 28.3 Å². The number of aliphatic hydroxyl groups is 1. The maximum atomic E-state index is 11.2. The fraction of sp³-hybridized carbons (Fsp3) is 0.941. The van der Waals surface area contributed by atoms with Crippen LogP contribution in [0, 0.1) is 5.92 Å². The van der Waals surface area contributed by atoms with E-state index in [1.165, 1.54) is 0 Å². The van der Waals surface area contributed by atoms with Gasteiger partial charge in [0.15, 0.2) is 0 Å². The first kappa shape index (κ1) is 23.0. The van der Waals surface area contributed by atoms with Crippen molar-refractivity contribution in [1.82, 2.24) is 4.90 Å². The van der Waals surface area contributed by atoms with Crippen LogP contribution in [0.25, 0.3) is 0 Å². The average Bonchev–Trinajstić information content (AvgIpc) is 2.52. The number of hydrogen-bond acceptors (Lipinski definition) is 3. The second-order valence-electron chi connectivity index (χ2n) is 6.20. The molecule has 23 heavy (non-hydrogen) atoms. The van der Waals surface area contributed by atoms with Gasteiger partial charge in [0, 0.05) is 29.8 Å². The first-order valence-corrected chi connectivity index (χ1v) is 9.82. The molecule has 0 spiro atoms. The molecule has 0 heterocycles. The molecule has 0 aliphatic rings. The highest BCUT2D eigenvalue weighted by atomic mass is 35.5. The van der Waals surface area contributed by atoms with Crippen LogP contribution < -0.4 is 0 Å². The Morgan fingerprint density at radius 3 is 1.70 bits per heavy atom. The fourth-order valence-corrected chi connectivity index (χ4v) is 3.83. The Labute approximate surface area is 151 Å². The van der Waals surface area contributed by atoms with Gasteiger partial charge in [0.2, 0.25) is 0 Å². The first-order valence-electron chi connectivity index (χ1n) is 8.75. The predicted octanol–water partition coefficient (Wildman–Crippen LogP) is 4.31. The second-order valence-corrected chi connectivity index (χ2v) is 6.82. The molecular weight excluding hydrogens is 337 g/mol. The van der Waals surface area contributed by atoms with Crippen molar-refractivity contribution in [2.24, 2.45) is 5.92 Å². The number of carboxylic acid groups (broad SMARTS) is 1. The fourth-order valence-electron chi connectivity index (χ4n) is 3.20. The van der Waals surface area contributed by atoms with E-state index in [0.29, 0.717) is 18.2 Å². The van der Waals surface area contributed by atoms with Gasteiger partial charge in [0.05, 0.1) is 6.42 Å². The van der Waals surface area contributed by atoms with Gasteiger partial charge in [-0.1, -0.05) is 40.0 Å². The van der Waals surface area contributed by atoms with E-state index in [2.05, 4.69) is 13.8 Å². The Kier molecular flexibility index (Phi) is 13.3. The van der Waals surface area contributed by atoms with Crippen molar-refractivity contribution in [1.29, 1.82) is 0 Å². The van der Waals surface area contributed by atoms with Crippen LogP contribution in [-0.4, -0.2) is 51.2 Å². The molecule has 4 atom stereocenters. The van der Waals surface area contributed by atoms with Crippen LogP contribution in [0.1, 0.15) is 65.7 Å². The maximum Gasteiger partial charge on any atom is 0.303 e. The zero-order valence-electron chi connectivity index (χ0n) is 14.7. The summed E-state index contributed by atoms with van der Waals surface area (Å²) >= 11 is 12.3. The van der Waals surface area contributed by atoms with Gasteiger partial charge in [-0.25, -0.2) is 0 Å². The molecule has 0 amide bonds. The Hall–Kier alpha value is -0.0300. The lowest BCUT2D eigenvalue weighted by molar-refractivity contribution is -0.143. The quantitative estimate of drug-likeness (QED) is 0.353. The maximum absolute atomic E-state index is 11.2. The molecule has 4 nitrogen and oxygen atoms in total. The van der Waals surface area contributed by atoms with E-state index in [1.807, 2.05) is 11.8 Å². The molecule has 0 saturated carbocycles. The molecule has 2 N–H and O–H groups in total. The lowest BCUT2D eigenvalue weighted by atomic mass is 9.94. The topological polar surface area (TPSA) is 60.8 Å². The van der Waals surface area contributed by atoms with Gasteiger partial charge < -0.3 is 10.2 Å². The van der Waals surface area contributed by atoms with E-state index in [1.54, 1.807) is 0 Å². The molecule has 0 aromatic heterocycles. The molecule has 0 bridgehead atoms. The monoisotopic (exact) mass is 369 g/mol. The number of nitrogens with zero attached hydrogens (tertiary/aromatic N) is 1. The normalized spacial score (nSPS) is 17.0. The van der Waals surface area contributed by atoms with Crippen LogP contribution in [0.5, 0.6) is 0 Å². The summed E-state index contributed by atoms with van der Waals surface area (Å²) in [6.07, 6.45) is 4.30. The zero-order chi connectivity index (χ0) is 17.8. The van der Waals surface area contributed by atoms with Crippen molar-refractivity contribution < 1.29 is 15.0 Å². The van der Waals surface area contributed by atoms with Gasteiger partial charge in [-0.2, -0.15) is 0 Å². The highest BCUT2D eigenvalue weighted by molar-refractivity contribution is 6.18. The number of carbonyl (C=O) groups is 1. The molecule has 0 radical (unpaired) electrons. The molecule has 0 aromatic carbocycles. The first-order chi connectivity index (χ1) is 11.0. The molecule has 138 valence electrons. The molecule has 0 fully saturated rings. The van der Waals surface area contributed by atoms with Gasteiger partial charge >= 0.3 is 5.97 Å². The minimum atomic E-state index is -0.877. The Morgan fingerprint density at radius 1 is 0.957 bits per heavy atom. The van der Waals surface area contributed by atoms with Gasteiger partial charge in [-0.15, -0.1) is 23.2 Å². The third kappa shape index (κ3) is 8.06. The van der Waals surface area contributed by atoms with Crippen LogP contribution in [0.3, 0.4) is 0 Å². The molecule has 0 aromatic rings. The number of carboxylic acids is 1. The second kappa shape index (κ2) is 13.3. The third-order valence-electron chi connectivity index (χ3n) is 4.27. The summed E-state index contributed by atoms with van der Waals surface area (Å²) in [5, 5.41) is 20.1. The third-order valence-corrected chi connectivity index (χ3v) is 4.98. The standard InChI is InChI=1S/C17H33Cl2NO3/c1-4-7-13(10-16(21)22)17(23)20(14(11-18)8-5-2)15(12-19)9-6-3/h13-15,17,23H,4-12H2,1-3H3,(H,21,22). The average molecular weight is 370 g/mol. The molecule has 6 heteroatoms. The van der Waals surface area contributed by atoms with Crippen LogP contribution in [0.2, 0.25) is 0 Å². The number of hydrogen-bond donors (Lipinski definition) is 2. The van der Waals surface area contributed by atoms with E-state index in [9.17, 15) is 9.90 Å². The summed E-state index contributed by atoms with van der Waals surface area (Å²) < 4.78 is 0. The number of halogens is 2. The summed E-state index contributed by atoms with van der Waals surface area (Å²) in [6, 6.07) is 0.0280. The van der Waals surface area contributed by atoms with Crippen LogP contribution in [0.15, 0.2) is 0 Å². The van der Waals surface area contributed by atoms with Crippen molar-refractivity contribution in [2.75, 3.05) is 11.8 Å². The van der Waals surface area contributed by atoms with E-state index >= 15 is 0 Å². The Bertz CT molecular complexity index is 304. The lowest BCUT2D eigenvalue weighted by Gasteiger charge is -2.42. The minimum absolute atomic E-state index is 0.0140. The van der Waals surface area contributed by atoms with Gasteiger partial charge in [0.1, 0.15) is 6.23 Å². The summed E-state index contributed by atoms with van der Waals surface area (Å²) in [4.78, 5) is 13.2. The molecular formula is C17H33Cl2NO3. The van der Waals surface area contributed by atoms with Crippen LogP contribution >= 0.6 is 23.2 Å². The molecule has 0 saturated heterocycles. The largest absolute Gasteiger partial charge is 0.481 e. The van der Waals surface area contributed by atoms with Gasteiger partial charge in [-0.3, -0.25) is 9.69 Å². The SMILES string of the molecule is CCCC(CC(=O)O)C(O)N(C(CCl)CCC)C(CCl)CCC. The summed E-state index contributed by atoms with van der Waals surface area (Å²) in [5.74, 6) is -0.358. The van der Waals surface area contributed by atoms with E-state index in [0.717, 1.165) is 32.1 Å². The Morgan fingerprint density at radius 2 is 1.39 bits per heavy atom. The Balaban J connectivity index is 5.43. The molecule has 4 unspecified atom stereocenters. The van der Waals surface area contributed by atoms with Crippen molar-refractivity contribution in [3.05, 3.63) is 0 Å². The zero-order valence-corrected chi connectivity index (χ0v) is 16.2. The lowest BCUT2D eigenvalue weighted by Crippen LogP contribution is -2.54. The number of aliphatic carboxylic acids is 1. The summed E-state index contributed by atoms with van der Waals surface area (Å²) in [6.45, 7) is 6.17. The minimum Gasteiger partial charge on any atom is -0.481 e. The number of alkyl halides is 2. The van der Waals surface area contributed by atoms with E-state index in [-0.39, 0.29) is 24.4 Å².